The Labute approximate surface area is 82.5 Å². The molecular weight excluding hydrogens is 182 g/mol. The molecule has 1 aromatic heterocycles. The van der Waals surface area contributed by atoms with Crippen LogP contribution in [0.25, 0.3) is 0 Å². The number of carbonyl (C=O) groups excluding carboxylic acids is 1. The number of nitrogens with zero attached hydrogens (tertiary/aromatic N) is 1. The van der Waals surface area contributed by atoms with Gasteiger partial charge in [0, 0.05) is 25.2 Å². The lowest BCUT2D eigenvalue weighted by Gasteiger charge is -2.13. The van der Waals surface area contributed by atoms with Crippen molar-refractivity contribution in [3.8, 4) is 0 Å². The quantitative estimate of drug-likeness (QED) is 0.719. The largest absolute Gasteiger partial charge is 0.465 e. The van der Waals surface area contributed by atoms with Crippen LogP contribution >= 0.6 is 0 Å². The van der Waals surface area contributed by atoms with Gasteiger partial charge in [-0.15, -0.1) is 0 Å². The molecule has 0 radical (unpaired) electrons. The molecule has 0 amide bonds. The van der Waals surface area contributed by atoms with Crippen LogP contribution in [0.15, 0.2) is 24.5 Å². The summed E-state index contributed by atoms with van der Waals surface area (Å²) in [7, 11) is 0. The molecule has 0 saturated carbocycles. The first kappa shape index (κ1) is 10.7. The molecule has 4 nitrogen and oxygen atoms in total. The van der Waals surface area contributed by atoms with Gasteiger partial charge in [0.1, 0.15) is 6.61 Å². The van der Waals surface area contributed by atoms with Crippen LogP contribution < -0.4 is 0 Å². The third kappa shape index (κ3) is 3.14. The highest BCUT2D eigenvalue weighted by atomic mass is 16.5. The molecule has 1 aromatic rings. The average Bonchev–Trinajstić information content (AvgIpc) is 2.20. The van der Waals surface area contributed by atoms with Crippen LogP contribution in [0.3, 0.4) is 0 Å². The van der Waals surface area contributed by atoms with Gasteiger partial charge in [-0.2, -0.15) is 0 Å². The van der Waals surface area contributed by atoms with Gasteiger partial charge < -0.3 is 9.84 Å². The number of esters is 1. The molecule has 0 bridgehead atoms. The Hall–Kier alpha value is -1.42. The first-order chi connectivity index (χ1) is 6.74. The van der Waals surface area contributed by atoms with Gasteiger partial charge in [0.25, 0.3) is 0 Å². The fraction of sp³-hybridized carbons (Fsp3) is 0.400. The third-order valence-corrected chi connectivity index (χ3v) is 1.89. The van der Waals surface area contributed by atoms with E-state index < -0.39 is 0 Å². The van der Waals surface area contributed by atoms with Crippen molar-refractivity contribution in [3.05, 3.63) is 30.1 Å². The minimum absolute atomic E-state index is 0.0444. The summed E-state index contributed by atoms with van der Waals surface area (Å²) in [5.41, 5.74) is 0.920. The highest BCUT2D eigenvalue weighted by Gasteiger charge is 2.11. The van der Waals surface area contributed by atoms with Crippen molar-refractivity contribution in [1.29, 1.82) is 0 Å². The molecular formula is C10H13NO3. The first-order valence-electron chi connectivity index (χ1n) is 4.38. The molecule has 0 aromatic carbocycles. The van der Waals surface area contributed by atoms with Crippen LogP contribution in [0.5, 0.6) is 0 Å². The number of aliphatic hydroxyl groups excluding tert-OH is 1. The minimum Gasteiger partial charge on any atom is -0.465 e. The Kier molecular flexibility index (Phi) is 4.07. The number of aromatic nitrogens is 1. The Morgan fingerprint density at radius 1 is 1.57 bits per heavy atom. The molecule has 0 spiro atoms. The summed E-state index contributed by atoms with van der Waals surface area (Å²) in [6, 6.07) is 3.59. The molecule has 1 N–H and O–H groups in total. The number of rotatable bonds is 4. The number of hydrogen-bond acceptors (Lipinski definition) is 4. The van der Waals surface area contributed by atoms with Crippen molar-refractivity contribution in [2.24, 2.45) is 0 Å². The van der Waals surface area contributed by atoms with Crippen LogP contribution in [0, 0.1) is 0 Å². The van der Waals surface area contributed by atoms with Crippen LogP contribution in [-0.2, 0) is 9.53 Å². The van der Waals surface area contributed by atoms with Crippen molar-refractivity contribution >= 4 is 5.97 Å². The van der Waals surface area contributed by atoms with Crippen molar-refractivity contribution in [2.75, 3.05) is 13.2 Å². The summed E-state index contributed by atoms with van der Waals surface area (Å²) in [5, 5.41) is 9.08. The van der Waals surface area contributed by atoms with E-state index in [4.69, 9.17) is 9.84 Å². The molecule has 14 heavy (non-hydrogen) atoms. The topological polar surface area (TPSA) is 59.4 Å². The molecule has 4 heteroatoms. The monoisotopic (exact) mass is 195 g/mol. The molecule has 76 valence electrons. The normalized spacial score (nSPS) is 12.1. The molecule has 0 aliphatic heterocycles. The Morgan fingerprint density at radius 2 is 2.21 bits per heavy atom. The van der Waals surface area contributed by atoms with E-state index in [0.29, 0.717) is 0 Å². The number of aliphatic hydroxyl groups is 1. The summed E-state index contributed by atoms with van der Waals surface area (Å²) in [4.78, 5) is 14.4. The lowest BCUT2D eigenvalue weighted by molar-refractivity contribution is -0.141. The standard InChI is InChI=1S/C10H13NO3/c1-8(13)14-7-10(6-12)9-2-4-11-5-3-9/h2-5,10,12H,6-7H2,1H3/t10-/m1/s1. The highest BCUT2D eigenvalue weighted by molar-refractivity contribution is 5.65. The van der Waals surface area contributed by atoms with Crippen LogP contribution in [0.2, 0.25) is 0 Å². The summed E-state index contributed by atoms with van der Waals surface area (Å²) < 4.78 is 4.83. The summed E-state index contributed by atoms with van der Waals surface area (Å²) in [6.45, 7) is 1.51. The summed E-state index contributed by atoms with van der Waals surface area (Å²) in [6.07, 6.45) is 3.29. The van der Waals surface area contributed by atoms with Gasteiger partial charge in [-0.3, -0.25) is 9.78 Å². The molecule has 1 rings (SSSR count). The molecule has 1 atom stereocenters. The molecule has 0 fully saturated rings. The third-order valence-electron chi connectivity index (χ3n) is 1.89. The van der Waals surface area contributed by atoms with E-state index in [1.165, 1.54) is 6.92 Å². The lowest BCUT2D eigenvalue weighted by atomic mass is 10.0. The first-order valence-corrected chi connectivity index (χ1v) is 4.38. The lowest BCUT2D eigenvalue weighted by Crippen LogP contribution is -2.14. The predicted molar refractivity (Wildman–Crippen MR) is 50.7 cm³/mol. The van der Waals surface area contributed by atoms with Gasteiger partial charge in [-0.1, -0.05) is 0 Å². The van der Waals surface area contributed by atoms with E-state index in [0.717, 1.165) is 5.56 Å². The fourth-order valence-corrected chi connectivity index (χ4v) is 1.11. The van der Waals surface area contributed by atoms with E-state index in [9.17, 15) is 4.79 Å². The molecule has 0 aliphatic carbocycles. The second-order valence-corrected chi connectivity index (χ2v) is 2.96. The zero-order valence-electron chi connectivity index (χ0n) is 8.01. The molecule has 0 unspecified atom stereocenters. The van der Waals surface area contributed by atoms with Gasteiger partial charge in [0.05, 0.1) is 6.61 Å². The second-order valence-electron chi connectivity index (χ2n) is 2.96. The number of carbonyl (C=O) groups is 1. The number of ether oxygens (including phenoxy) is 1. The van der Waals surface area contributed by atoms with Crippen LogP contribution in [0.1, 0.15) is 18.4 Å². The van der Waals surface area contributed by atoms with Gasteiger partial charge in [-0.25, -0.2) is 0 Å². The van der Waals surface area contributed by atoms with Crippen molar-refractivity contribution < 1.29 is 14.6 Å². The second kappa shape index (κ2) is 5.34. The maximum Gasteiger partial charge on any atom is 0.302 e. The minimum atomic E-state index is -0.336. The van der Waals surface area contributed by atoms with E-state index >= 15 is 0 Å². The smallest absolute Gasteiger partial charge is 0.302 e. The fourth-order valence-electron chi connectivity index (χ4n) is 1.11. The van der Waals surface area contributed by atoms with E-state index in [1.807, 2.05) is 0 Å². The average molecular weight is 195 g/mol. The van der Waals surface area contributed by atoms with E-state index in [1.54, 1.807) is 24.5 Å². The van der Waals surface area contributed by atoms with Gasteiger partial charge >= 0.3 is 5.97 Å². The Morgan fingerprint density at radius 3 is 2.71 bits per heavy atom. The molecule has 1 heterocycles. The van der Waals surface area contributed by atoms with Gasteiger partial charge in [0.2, 0.25) is 0 Å². The Balaban J connectivity index is 2.58. The van der Waals surface area contributed by atoms with Crippen molar-refractivity contribution in [3.63, 3.8) is 0 Å². The SMILES string of the molecule is CC(=O)OC[C@@H](CO)c1ccncc1. The molecule has 0 aliphatic rings. The molecule has 0 saturated heterocycles. The zero-order valence-corrected chi connectivity index (χ0v) is 8.01. The van der Waals surface area contributed by atoms with Crippen LogP contribution in [0.4, 0.5) is 0 Å². The van der Waals surface area contributed by atoms with E-state index in [2.05, 4.69) is 4.98 Å². The van der Waals surface area contributed by atoms with Gasteiger partial charge in [-0.05, 0) is 17.7 Å². The van der Waals surface area contributed by atoms with E-state index in [-0.39, 0.29) is 25.1 Å². The predicted octanol–water partition coefficient (Wildman–Crippen LogP) is 0.721. The highest BCUT2D eigenvalue weighted by Crippen LogP contribution is 2.14. The number of hydrogen-bond donors (Lipinski definition) is 1. The maximum absolute atomic E-state index is 10.6. The number of pyridine rings is 1. The van der Waals surface area contributed by atoms with Crippen molar-refractivity contribution in [1.82, 2.24) is 4.98 Å². The summed E-state index contributed by atoms with van der Waals surface area (Å²) >= 11 is 0. The maximum atomic E-state index is 10.6. The Bertz CT molecular complexity index is 287. The van der Waals surface area contributed by atoms with Crippen molar-refractivity contribution in [2.45, 2.75) is 12.8 Å². The summed E-state index contributed by atoms with van der Waals surface area (Å²) in [5.74, 6) is -0.501. The van der Waals surface area contributed by atoms with Gasteiger partial charge in [0.15, 0.2) is 0 Å². The van der Waals surface area contributed by atoms with Crippen LogP contribution in [-0.4, -0.2) is 29.3 Å². The zero-order chi connectivity index (χ0) is 10.4.